The summed E-state index contributed by atoms with van der Waals surface area (Å²) >= 11 is 0. The van der Waals surface area contributed by atoms with Crippen molar-refractivity contribution >= 4 is 11.8 Å². The second kappa shape index (κ2) is 8.78. The van der Waals surface area contributed by atoms with E-state index in [1.54, 1.807) is 12.1 Å². The molecule has 2 bridgehead atoms. The van der Waals surface area contributed by atoms with E-state index in [4.69, 9.17) is 4.74 Å². The number of hydrogen-bond donors (Lipinski definition) is 1. The van der Waals surface area contributed by atoms with Gasteiger partial charge in [0.15, 0.2) is 6.10 Å². The van der Waals surface area contributed by atoms with Crippen molar-refractivity contribution < 1.29 is 42.4 Å². The summed E-state index contributed by atoms with van der Waals surface area (Å²) in [4.78, 5) is 12.5. The van der Waals surface area contributed by atoms with Gasteiger partial charge in [-0.05, 0) is 35.7 Å². The minimum Gasteiger partial charge on any atom is -1.00 e. The molecule has 6 heteroatoms. The smallest absolute Gasteiger partial charge is 0.412 e. The lowest BCUT2D eigenvalue weighted by Crippen LogP contribution is -3.00. The van der Waals surface area contributed by atoms with E-state index in [1.165, 1.54) is 25.2 Å². The molecule has 5 rings (SSSR count). The molecule has 2 aromatic rings. The number of nitrogens with zero attached hydrogens (tertiary/aromatic N) is 1. The molecule has 0 radical (unpaired) electrons. The highest BCUT2D eigenvalue weighted by atomic mass is 127. The van der Waals surface area contributed by atoms with Crippen molar-refractivity contribution in [1.82, 2.24) is 0 Å². The molecule has 1 N–H and O–H groups in total. The highest BCUT2D eigenvalue weighted by Crippen LogP contribution is 2.34. The molecule has 3 heterocycles. The normalized spacial score (nSPS) is 25.6. The SMILES string of the molecule is C[N+]12CCC(CC1)[C@@H](OC(=O)Nc1ccccc1Cc1ccc(F)cc1)C2.[I-]. The van der Waals surface area contributed by atoms with Gasteiger partial charge >= 0.3 is 6.09 Å². The number of ether oxygens (including phenoxy) is 1. The Balaban J connectivity index is 0.00000225. The van der Waals surface area contributed by atoms with Gasteiger partial charge in [-0.1, -0.05) is 30.3 Å². The van der Waals surface area contributed by atoms with Crippen molar-refractivity contribution in [3.05, 3.63) is 65.5 Å². The number of anilines is 1. The third-order valence-corrected chi connectivity index (χ3v) is 6.05. The van der Waals surface area contributed by atoms with Gasteiger partial charge in [-0.3, -0.25) is 5.32 Å². The number of benzene rings is 2. The Morgan fingerprint density at radius 3 is 2.50 bits per heavy atom. The van der Waals surface area contributed by atoms with E-state index >= 15 is 0 Å². The molecule has 0 aromatic heterocycles. The van der Waals surface area contributed by atoms with Crippen LogP contribution in [0.15, 0.2) is 48.5 Å². The van der Waals surface area contributed by atoms with Gasteiger partial charge in [0.1, 0.15) is 12.4 Å². The molecule has 1 amide bonds. The first-order chi connectivity index (χ1) is 13.0. The highest BCUT2D eigenvalue weighted by Gasteiger charge is 2.45. The van der Waals surface area contributed by atoms with Crippen LogP contribution in [-0.2, 0) is 11.2 Å². The van der Waals surface area contributed by atoms with Crippen LogP contribution in [0.3, 0.4) is 0 Å². The molecule has 4 nitrogen and oxygen atoms in total. The Hall–Kier alpha value is -1.67. The summed E-state index contributed by atoms with van der Waals surface area (Å²) in [5, 5.41) is 2.92. The number of carbonyl (C=O) groups excluding carboxylic acids is 1. The second-order valence-electron chi connectivity index (χ2n) is 8.12. The summed E-state index contributed by atoms with van der Waals surface area (Å²) in [6.07, 6.45) is 2.51. The molecular formula is C22H26FIN2O2. The van der Waals surface area contributed by atoms with Crippen LogP contribution in [0.1, 0.15) is 24.0 Å². The van der Waals surface area contributed by atoms with Gasteiger partial charge in [0.25, 0.3) is 0 Å². The lowest BCUT2D eigenvalue weighted by Gasteiger charge is -2.49. The number of fused-ring (bicyclic) bond motifs is 3. The van der Waals surface area contributed by atoms with Crippen molar-refractivity contribution in [2.75, 3.05) is 32.0 Å². The highest BCUT2D eigenvalue weighted by molar-refractivity contribution is 5.85. The zero-order chi connectivity index (χ0) is 18.9. The molecule has 0 unspecified atom stereocenters. The zero-order valence-electron chi connectivity index (χ0n) is 16.0. The number of likely N-dealkylation sites (N-methyl/N-ethyl adjacent to an activating group) is 1. The maximum atomic E-state index is 13.1. The molecule has 3 aliphatic heterocycles. The monoisotopic (exact) mass is 496 g/mol. The Labute approximate surface area is 182 Å². The number of rotatable bonds is 4. The summed E-state index contributed by atoms with van der Waals surface area (Å²) < 4.78 is 19.9. The number of piperidine rings is 3. The minimum absolute atomic E-state index is 0. The molecule has 2 aromatic carbocycles. The van der Waals surface area contributed by atoms with Gasteiger partial charge < -0.3 is 33.2 Å². The van der Waals surface area contributed by atoms with Crippen molar-refractivity contribution in [3.63, 3.8) is 0 Å². The predicted molar refractivity (Wildman–Crippen MR) is 103 cm³/mol. The summed E-state index contributed by atoms with van der Waals surface area (Å²) in [5.41, 5.74) is 2.72. The van der Waals surface area contributed by atoms with Crippen LogP contribution < -0.4 is 29.3 Å². The van der Waals surface area contributed by atoms with E-state index in [1.807, 2.05) is 24.3 Å². The number of nitrogens with one attached hydrogen (secondary N) is 1. The number of quaternary nitrogens is 1. The Kier molecular flexibility index (Phi) is 6.60. The minimum atomic E-state index is -0.382. The summed E-state index contributed by atoms with van der Waals surface area (Å²) in [7, 11) is 2.25. The first-order valence-electron chi connectivity index (χ1n) is 9.64. The first kappa shape index (κ1) is 21.0. The van der Waals surface area contributed by atoms with E-state index in [2.05, 4.69) is 12.4 Å². The summed E-state index contributed by atoms with van der Waals surface area (Å²) in [5.74, 6) is 0.243. The molecular weight excluding hydrogens is 470 g/mol. The topological polar surface area (TPSA) is 38.3 Å². The number of hydrogen-bond acceptors (Lipinski definition) is 2. The number of para-hydroxylation sites is 1. The maximum absolute atomic E-state index is 13.1. The van der Waals surface area contributed by atoms with Gasteiger partial charge in [-0.15, -0.1) is 0 Å². The predicted octanol–water partition coefficient (Wildman–Crippen LogP) is 1.21. The fourth-order valence-electron chi connectivity index (χ4n) is 4.38. The van der Waals surface area contributed by atoms with Crippen LogP contribution in [0.2, 0.25) is 0 Å². The van der Waals surface area contributed by atoms with E-state index in [0.717, 1.165) is 40.7 Å². The van der Waals surface area contributed by atoms with E-state index in [9.17, 15) is 9.18 Å². The summed E-state index contributed by atoms with van der Waals surface area (Å²) in [6.45, 7) is 3.29. The molecule has 0 aliphatic carbocycles. The lowest BCUT2D eigenvalue weighted by molar-refractivity contribution is -0.928. The van der Waals surface area contributed by atoms with Crippen LogP contribution in [0, 0.1) is 11.7 Å². The van der Waals surface area contributed by atoms with Gasteiger partial charge in [-0.25, -0.2) is 9.18 Å². The van der Waals surface area contributed by atoms with Gasteiger partial charge in [-0.2, -0.15) is 0 Å². The third kappa shape index (κ3) is 4.84. The number of amides is 1. The molecule has 0 spiro atoms. The molecule has 3 saturated heterocycles. The van der Waals surface area contributed by atoms with E-state index in [-0.39, 0.29) is 42.0 Å². The quantitative estimate of drug-likeness (QED) is 0.511. The lowest BCUT2D eigenvalue weighted by atomic mass is 9.84. The molecule has 3 aliphatic rings. The Morgan fingerprint density at radius 2 is 1.82 bits per heavy atom. The number of carbonyl (C=O) groups is 1. The zero-order valence-corrected chi connectivity index (χ0v) is 18.2. The van der Waals surface area contributed by atoms with Gasteiger partial charge in [0.2, 0.25) is 0 Å². The third-order valence-electron chi connectivity index (χ3n) is 6.05. The largest absolute Gasteiger partial charge is 1.00 e. The molecule has 150 valence electrons. The Bertz CT molecular complexity index is 820. The molecule has 0 saturated carbocycles. The van der Waals surface area contributed by atoms with Crippen molar-refractivity contribution in [1.29, 1.82) is 0 Å². The second-order valence-corrected chi connectivity index (χ2v) is 8.12. The van der Waals surface area contributed by atoms with Crippen molar-refractivity contribution in [3.8, 4) is 0 Å². The Morgan fingerprint density at radius 1 is 1.14 bits per heavy atom. The van der Waals surface area contributed by atoms with Crippen molar-refractivity contribution in [2.24, 2.45) is 5.92 Å². The van der Waals surface area contributed by atoms with Crippen LogP contribution in [-0.4, -0.2) is 43.4 Å². The molecule has 1 atom stereocenters. The van der Waals surface area contributed by atoms with Gasteiger partial charge in [0.05, 0.1) is 20.1 Å². The average molecular weight is 496 g/mol. The van der Waals surface area contributed by atoms with E-state index < -0.39 is 0 Å². The standard InChI is InChI=1S/C22H25FN2O2.HI/c1-25-12-10-17(11-13-25)21(15-25)27-22(26)24-20-5-3-2-4-18(20)14-16-6-8-19(23)9-7-16;/h2-9,17,21H,10-15H2,1H3;1H/t17?,21-,25?;/m0./s1. The molecule has 3 fully saturated rings. The van der Waals surface area contributed by atoms with Gasteiger partial charge in [0, 0.05) is 24.4 Å². The number of halogens is 2. The fourth-order valence-corrected chi connectivity index (χ4v) is 4.38. The van der Waals surface area contributed by atoms with Crippen LogP contribution in [0.4, 0.5) is 14.9 Å². The van der Waals surface area contributed by atoms with Crippen LogP contribution >= 0.6 is 0 Å². The van der Waals surface area contributed by atoms with Crippen LogP contribution in [0.25, 0.3) is 0 Å². The van der Waals surface area contributed by atoms with Crippen molar-refractivity contribution in [2.45, 2.75) is 25.4 Å². The summed E-state index contributed by atoms with van der Waals surface area (Å²) in [6, 6.07) is 14.1. The average Bonchev–Trinajstić information content (AvgIpc) is 2.65. The first-order valence-corrected chi connectivity index (χ1v) is 9.64. The fraction of sp³-hybridized carbons (Fsp3) is 0.409. The van der Waals surface area contributed by atoms with Crippen LogP contribution in [0.5, 0.6) is 0 Å². The van der Waals surface area contributed by atoms with E-state index in [0.29, 0.717) is 12.3 Å². The maximum Gasteiger partial charge on any atom is 0.412 e. The molecule has 28 heavy (non-hydrogen) atoms.